The van der Waals surface area contributed by atoms with Gasteiger partial charge in [-0.2, -0.15) is 0 Å². The number of hydrogen-bond acceptors (Lipinski definition) is 4. The van der Waals surface area contributed by atoms with Crippen LogP contribution in [0.4, 0.5) is 4.79 Å². The first-order valence-electron chi connectivity index (χ1n) is 11.4. The molecule has 0 N–H and O–H groups in total. The molecule has 0 aromatic heterocycles. The number of carbonyl (C=O) groups excluding carboxylic acids is 2. The molecule has 0 bridgehead atoms. The summed E-state index contributed by atoms with van der Waals surface area (Å²) >= 11 is 0. The number of rotatable bonds is 8. The van der Waals surface area contributed by atoms with Gasteiger partial charge in [0, 0.05) is 5.92 Å². The molecule has 1 fully saturated rings. The summed E-state index contributed by atoms with van der Waals surface area (Å²) in [6, 6.07) is 27.1. The minimum atomic E-state index is -0.574. The zero-order valence-electron chi connectivity index (χ0n) is 19.0. The van der Waals surface area contributed by atoms with Gasteiger partial charge in [-0.3, -0.25) is 4.79 Å². The number of amides is 2. The van der Waals surface area contributed by atoms with E-state index >= 15 is 0 Å². The number of benzene rings is 3. The zero-order chi connectivity index (χ0) is 23.2. The van der Waals surface area contributed by atoms with Crippen molar-refractivity contribution >= 4 is 12.0 Å². The molecule has 170 valence electrons. The lowest BCUT2D eigenvalue weighted by molar-refractivity contribution is -0.133. The molecule has 0 aliphatic carbocycles. The lowest BCUT2D eigenvalue weighted by Crippen LogP contribution is -2.39. The number of imide groups is 1. The van der Waals surface area contributed by atoms with Gasteiger partial charge in [-0.15, -0.1) is 0 Å². The first kappa shape index (κ1) is 22.6. The number of cyclic esters (lactones) is 1. The van der Waals surface area contributed by atoms with Gasteiger partial charge >= 0.3 is 6.09 Å². The molecule has 1 aliphatic heterocycles. The summed E-state index contributed by atoms with van der Waals surface area (Å²) in [6.07, 6.45) is 0.184. The van der Waals surface area contributed by atoms with E-state index in [0.29, 0.717) is 6.61 Å². The SMILES string of the molecule is CC[C@@H](c1cccc(OCc2ccccc2)c1)[C@@H](C)C(=O)N1C(=O)OC[C@H]1c1ccccc1. The van der Waals surface area contributed by atoms with Gasteiger partial charge in [0.15, 0.2) is 0 Å². The van der Waals surface area contributed by atoms with Gasteiger partial charge in [0.2, 0.25) is 5.91 Å². The predicted molar refractivity (Wildman–Crippen MR) is 127 cm³/mol. The highest BCUT2D eigenvalue weighted by Crippen LogP contribution is 2.35. The summed E-state index contributed by atoms with van der Waals surface area (Å²) in [6.45, 7) is 4.61. The van der Waals surface area contributed by atoms with Crippen LogP contribution in [-0.4, -0.2) is 23.5 Å². The minimum absolute atomic E-state index is 0.0531. The van der Waals surface area contributed by atoms with Crippen molar-refractivity contribution in [3.05, 3.63) is 102 Å². The third kappa shape index (κ3) is 5.08. The molecule has 0 unspecified atom stereocenters. The Hall–Kier alpha value is -3.60. The van der Waals surface area contributed by atoms with Gasteiger partial charge in [0.25, 0.3) is 0 Å². The highest BCUT2D eigenvalue weighted by molar-refractivity contribution is 5.95. The van der Waals surface area contributed by atoms with Crippen molar-refractivity contribution in [2.24, 2.45) is 5.92 Å². The highest BCUT2D eigenvalue weighted by Gasteiger charge is 2.42. The van der Waals surface area contributed by atoms with E-state index in [4.69, 9.17) is 9.47 Å². The number of ether oxygens (including phenoxy) is 2. The zero-order valence-corrected chi connectivity index (χ0v) is 19.0. The third-order valence-electron chi connectivity index (χ3n) is 6.26. The van der Waals surface area contributed by atoms with Crippen LogP contribution >= 0.6 is 0 Å². The standard InChI is InChI=1S/C28H29NO4/c1-3-25(23-15-10-16-24(17-23)32-18-21-11-6-4-7-12-21)20(2)27(30)29-26(19-33-28(29)31)22-13-8-5-9-14-22/h4-17,20,25-26H,3,18-19H2,1-2H3/t20-,25-,26+/m1/s1. The quantitative estimate of drug-likeness (QED) is 0.421. The minimum Gasteiger partial charge on any atom is -0.489 e. The number of hydrogen-bond donors (Lipinski definition) is 0. The molecule has 0 spiro atoms. The van der Waals surface area contributed by atoms with E-state index in [-0.39, 0.29) is 18.4 Å². The molecule has 1 saturated heterocycles. The van der Waals surface area contributed by atoms with Crippen LogP contribution in [0.5, 0.6) is 5.75 Å². The number of carbonyl (C=O) groups is 2. The molecule has 0 radical (unpaired) electrons. The maximum absolute atomic E-state index is 13.5. The van der Waals surface area contributed by atoms with Crippen LogP contribution < -0.4 is 4.74 Å². The largest absolute Gasteiger partial charge is 0.489 e. The molecule has 1 heterocycles. The van der Waals surface area contributed by atoms with Crippen LogP contribution in [0.15, 0.2) is 84.9 Å². The molecule has 3 aromatic rings. The Balaban J connectivity index is 1.51. The Labute approximate surface area is 194 Å². The second kappa shape index (κ2) is 10.3. The number of nitrogens with zero attached hydrogens (tertiary/aromatic N) is 1. The van der Waals surface area contributed by atoms with E-state index in [1.54, 1.807) is 0 Å². The molecule has 1 aliphatic rings. The normalized spacial score (nSPS) is 17.3. The topological polar surface area (TPSA) is 55.8 Å². The van der Waals surface area contributed by atoms with Gasteiger partial charge in [-0.1, -0.05) is 86.6 Å². The average Bonchev–Trinajstić information content (AvgIpc) is 3.25. The second-order valence-electron chi connectivity index (χ2n) is 8.36. The van der Waals surface area contributed by atoms with Crippen molar-refractivity contribution in [3.8, 4) is 5.75 Å². The molecule has 5 nitrogen and oxygen atoms in total. The summed E-state index contributed by atoms with van der Waals surface area (Å²) in [5.41, 5.74) is 3.01. The highest BCUT2D eigenvalue weighted by atomic mass is 16.6. The molecule has 5 heteroatoms. The van der Waals surface area contributed by atoms with E-state index < -0.39 is 18.1 Å². The molecule has 4 rings (SSSR count). The average molecular weight is 444 g/mol. The molecule has 3 aromatic carbocycles. The predicted octanol–water partition coefficient (Wildman–Crippen LogP) is 6.12. The fraction of sp³-hybridized carbons (Fsp3) is 0.286. The van der Waals surface area contributed by atoms with Gasteiger partial charge in [-0.05, 0) is 41.2 Å². The van der Waals surface area contributed by atoms with Crippen molar-refractivity contribution in [2.45, 2.75) is 38.8 Å². The van der Waals surface area contributed by atoms with Crippen molar-refractivity contribution < 1.29 is 19.1 Å². The third-order valence-corrected chi connectivity index (χ3v) is 6.26. The molecule has 3 atom stereocenters. The van der Waals surface area contributed by atoms with E-state index in [9.17, 15) is 9.59 Å². The summed E-state index contributed by atoms with van der Waals surface area (Å²) in [5, 5.41) is 0. The molecule has 33 heavy (non-hydrogen) atoms. The Bertz CT molecular complexity index is 1080. The van der Waals surface area contributed by atoms with Crippen molar-refractivity contribution in [3.63, 3.8) is 0 Å². The Morgan fingerprint density at radius 1 is 1.03 bits per heavy atom. The van der Waals surface area contributed by atoms with E-state index in [1.165, 1.54) is 4.90 Å². The van der Waals surface area contributed by atoms with Crippen molar-refractivity contribution in [1.82, 2.24) is 4.90 Å². The summed E-state index contributed by atoms with van der Waals surface area (Å²) in [4.78, 5) is 27.3. The van der Waals surface area contributed by atoms with E-state index in [1.807, 2.05) is 91.9 Å². The Kier molecular flexibility index (Phi) is 7.08. The van der Waals surface area contributed by atoms with Gasteiger partial charge in [-0.25, -0.2) is 9.69 Å². The van der Waals surface area contributed by atoms with Gasteiger partial charge < -0.3 is 9.47 Å². The summed E-state index contributed by atoms with van der Waals surface area (Å²) < 4.78 is 11.3. The van der Waals surface area contributed by atoms with Crippen LogP contribution in [0.2, 0.25) is 0 Å². The van der Waals surface area contributed by atoms with Crippen molar-refractivity contribution in [1.29, 1.82) is 0 Å². The summed E-state index contributed by atoms with van der Waals surface area (Å²) in [5.74, 6) is 0.102. The first-order valence-corrected chi connectivity index (χ1v) is 11.4. The lowest BCUT2D eigenvalue weighted by atomic mass is 9.84. The lowest BCUT2D eigenvalue weighted by Gasteiger charge is -2.28. The van der Waals surface area contributed by atoms with E-state index in [2.05, 4.69) is 6.92 Å². The van der Waals surface area contributed by atoms with Crippen LogP contribution in [0.3, 0.4) is 0 Å². The van der Waals surface area contributed by atoms with Gasteiger partial charge in [0.05, 0.1) is 0 Å². The molecular weight excluding hydrogens is 414 g/mol. The molecule has 0 saturated carbocycles. The maximum atomic E-state index is 13.5. The van der Waals surface area contributed by atoms with Crippen LogP contribution in [0.1, 0.15) is 48.9 Å². The Morgan fingerprint density at radius 2 is 1.73 bits per heavy atom. The maximum Gasteiger partial charge on any atom is 0.417 e. The smallest absolute Gasteiger partial charge is 0.417 e. The Morgan fingerprint density at radius 3 is 2.42 bits per heavy atom. The first-order chi connectivity index (χ1) is 16.1. The summed E-state index contributed by atoms with van der Waals surface area (Å²) in [7, 11) is 0. The molecule has 2 amide bonds. The van der Waals surface area contributed by atoms with Crippen LogP contribution in [0.25, 0.3) is 0 Å². The fourth-order valence-electron chi connectivity index (χ4n) is 4.43. The fourth-order valence-corrected chi connectivity index (χ4v) is 4.43. The monoisotopic (exact) mass is 443 g/mol. The van der Waals surface area contributed by atoms with Crippen LogP contribution in [-0.2, 0) is 16.1 Å². The van der Waals surface area contributed by atoms with E-state index in [0.717, 1.165) is 28.9 Å². The second-order valence-corrected chi connectivity index (χ2v) is 8.36. The van der Waals surface area contributed by atoms with Crippen LogP contribution in [0, 0.1) is 5.92 Å². The van der Waals surface area contributed by atoms with Gasteiger partial charge in [0.1, 0.15) is 25.0 Å². The molecular formula is C28H29NO4. The van der Waals surface area contributed by atoms with Crippen molar-refractivity contribution in [2.75, 3.05) is 6.61 Å².